The SMILES string of the molecule is CN(CCc1cccs1)C[B-](F)(F)F.[K+]. The molecule has 1 rings (SSSR count). The monoisotopic (exact) mass is 261 g/mol. The maximum atomic E-state index is 12.0. The van der Waals surface area contributed by atoms with Crippen molar-refractivity contribution >= 4 is 18.3 Å². The predicted octanol–water partition coefficient (Wildman–Crippen LogP) is -0.387. The maximum absolute atomic E-state index is 12.0. The van der Waals surface area contributed by atoms with E-state index in [1.54, 1.807) is 11.3 Å². The third kappa shape index (κ3) is 7.95. The van der Waals surface area contributed by atoms with E-state index in [4.69, 9.17) is 0 Å². The largest absolute Gasteiger partial charge is 1.00 e. The van der Waals surface area contributed by atoms with E-state index in [0.29, 0.717) is 13.0 Å². The Kier molecular flexibility index (Phi) is 8.05. The number of hydrogen-bond donors (Lipinski definition) is 0. The topological polar surface area (TPSA) is 3.24 Å². The summed E-state index contributed by atoms with van der Waals surface area (Å²) in [4.78, 5) is 2.45. The van der Waals surface area contributed by atoms with E-state index in [2.05, 4.69) is 0 Å². The molecule has 0 saturated heterocycles. The van der Waals surface area contributed by atoms with Gasteiger partial charge in [-0.2, -0.15) is 0 Å². The Balaban J connectivity index is 0.00000196. The number of rotatable bonds is 5. The molecule has 0 spiro atoms. The fourth-order valence-corrected chi connectivity index (χ4v) is 1.90. The molecule has 0 N–H and O–H groups in total. The van der Waals surface area contributed by atoms with Crippen LogP contribution < -0.4 is 51.4 Å². The summed E-state index contributed by atoms with van der Waals surface area (Å²) in [5.41, 5.74) is 0. The average molecular weight is 261 g/mol. The zero-order chi connectivity index (χ0) is 10.6. The van der Waals surface area contributed by atoms with Gasteiger partial charge in [0.2, 0.25) is 0 Å². The molecule has 1 nitrogen and oxygen atoms in total. The van der Waals surface area contributed by atoms with Crippen LogP contribution in [0.3, 0.4) is 0 Å². The van der Waals surface area contributed by atoms with Gasteiger partial charge in [0.05, 0.1) is 0 Å². The molecule has 0 bridgehead atoms. The van der Waals surface area contributed by atoms with Crippen LogP contribution in [-0.2, 0) is 6.42 Å². The van der Waals surface area contributed by atoms with E-state index in [0.717, 1.165) is 4.88 Å². The van der Waals surface area contributed by atoms with Gasteiger partial charge in [-0.1, -0.05) is 6.07 Å². The summed E-state index contributed by atoms with van der Waals surface area (Å²) in [5.74, 6) is 0. The molecule has 0 saturated carbocycles. The van der Waals surface area contributed by atoms with E-state index < -0.39 is 13.4 Å². The van der Waals surface area contributed by atoms with Crippen LogP contribution >= 0.6 is 11.3 Å². The molecule has 0 aliphatic heterocycles. The first-order valence-corrected chi connectivity index (χ1v) is 5.27. The maximum Gasteiger partial charge on any atom is 1.00 e. The van der Waals surface area contributed by atoms with Crippen LogP contribution in [0.15, 0.2) is 17.5 Å². The van der Waals surface area contributed by atoms with Gasteiger partial charge in [0, 0.05) is 4.88 Å². The van der Waals surface area contributed by atoms with Gasteiger partial charge in [0.25, 0.3) is 0 Å². The third-order valence-corrected chi connectivity index (χ3v) is 2.77. The molecule has 0 aromatic carbocycles. The number of halogens is 3. The van der Waals surface area contributed by atoms with E-state index in [1.165, 1.54) is 11.9 Å². The van der Waals surface area contributed by atoms with Gasteiger partial charge in [0.15, 0.2) is 0 Å². The second-order valence-corrected chi connectivity index (χ2v) is 4.33. The van der Waals surface area contributed by atoms with Gasteiger partial charge < -0.3 is 17.8 Å². The second-order valence-electron chi connectivity index (χ2n) is 3.30. The Morgan fingerprint density at radius 1 is 1.40 bits per heavy atom. The van der Waals surface area contributed by atoms with Gasteiger partial charge in [-0.05, 0) is 37.9 Å². The summed E-state index contributed by atoms with van der Waals surface area (Å²) in [5, 5.41) is 1.93. The first-order chi connectivity index (χ1) is 6.47. The van der Waals surface area contributed by atoms with Crippen LogP contribution in [-0.4, -0.2) is 31.9 Å². The average Bonchev–Trinajstić information content (AvgIpc) is 2.49. The van der Waals surface area contributed by atoms with Crippen molar-refractivity contribution in [3.8, 4) is 0 Å². The molecule has 80 valence electrons. The Morgan fingerprint density at radius 3 is 2.53 bits per heavy atom. The normalized spacial score (nSPS) is 11.5. The molecule has 0 aliphatic rings. The molecule has 1 aromatic rings. The molecule has 0 fully saturated rings. The van der Waals surface area contributed by atoms with E-state index in [9.17, 15) is 12.9 Å². The van der Waals surface area contributed by atoms with Crippen molar-refractivity contribution in [1.82, 2.24) is 4.90 Å². The smallest absolute Gasteiger partial charge is 0.448 e. The van der Waals surface area contributed by atoms with Crippen LogP contribution in [0.4, 0.5) is 12.9 Å². The van der Waals surface area contributed by atoms with Crippen LogP contribution in [0.5, 0.6) is 0 Å². The van der Waals surface area contributed by atoms with E-state index >= 15 is 0 Å². The fourth-order valence-electron chi connectivity index (χ4n) is 1.20. The van der Waals surface area contributed by atoms with Crippen molar-refractivity contribution in [2.24, 2.45) is 0 Å². The van der Waals surface area contributed by atoms with Gasteiger partial charge in [0.1, 0.15) is 0 Å². The number of thiophene rings is 1. The first-order valence-electron chi connectivity index (χ1n) is 4.39. The zero-order valence-electron chi connectivity index (χ0n) is 8.92. The van der Waals surface area contributed by atoms with Crippen LogP contribution in [0.25, 0.3) is 0 Å². The first kappa shape index (κ1) is 16.2. The standard InChI is InChI=1S/C8H12BF3NS.K/c1-13(7-9(10,11)12)5-4-8-3-2-6-14-8;/h2-3,6H,4-5,7H2,1H3;/q-1;+1. The van der Waals surface area contributed by atoms with Crippen molar-refractivity contribution in [3.63, 3.8) is 0 Å². The molecule has 1 aromatic heterocycles. The van der Waals surface area contributed by atoms with Gasteiger partial charge in [-0.25, -0.2) is 0 Å². The molecule has 0 aliphatic carbocycles. The Bertz CT molecular complexity index is 265. The molecular weight excluding hydrogens is 249 g/mol. The molecule has 7 heteroatoms. The fraction of sp³-hybridized carbons (Fsp3) is 0.500. The van der Waals surface area contributed by atoms with Gasteiger partial charge >= 0.3 is 58.4 Å². The van der Waals surface area contributed by atoms with Crippen molar-refractivity contribution in [1.29, 1.82) is 0 Å². The molecule has 0 atom stereocenters. The van der Waals surface area contributed by atoms with Gasteiger partial charge in [-0.3, -0.25) is 0 Å². The number of hydrogen-bond acceptors (Lipinski definition) is 2. The van der Waals surface area contributed by atoms with Crippen molar-refractivity contribution in [2.45, 2.75) is 6.42 Å². The molecule has 1 heterocycles. The number of nitrogens with zero attached hydrogens (tertiary/aromatic N) is 1. The molecule has 0 amide bonds. The summed E-state index contributed by atoms with van der Waals surface area (Å²) < 4.78 is 36.0. The van der Waals surface area contributed by atoms with Gasteiger partial charge in [-0.15, -0.1) is 11.3 Å². The molecule has 0 unspecified atom stereocenters. The van der Waals surface area contributed by atoms with E-state index in [-0.39, 0.29) is 51.4 Å². The molecular formula is C8H12BF3KNS. The van der Waals surface area contributed by atoms with Crippen molar-refractivity contribution in [2.75, 3.05) is 20.0 Å². The van der Waals surface area contributed by atoms with E-state index in [1.807, 2.05) is 17.5 Å². The minimum Gasteiger partial charge on any atom is -0.448 e. The van der Waals surface area contributed by atoms with Crippen LogP contribution in [0, 0.1) is 0 Å². The summed E-state index contributed by atoms with van der Waals surface area (Å²) in [7, 11) is 1.50. The quantitative estimate of drug-likeness (QED) is 0.653. The summed E-state index contributed by atoms with van der Waals surface area (Å²) in [6.07, 6.45) is -0.0777. The predicted molar refractivity (Wildman–Crippen MR) is 54.6 cm³/mol. The summed E-state index contributed by atoms with van der Waals surface area (Å²) >= 11 is 1.58. The van der Waals surface area contributed by atoms with Crippen molar-refractivity contribution < 1.29 is 64.3 Å². The van der Waals surface area contributed by atoms with Crippen LogP contribution in [0.2, 0.25) is 0 Å². The summed E-state index contributed by atoms with van der Waals surface area (Å²) in [6.45, 7) is -4.23. The second kappa shape index (κ2) is 7.47. The minimum absolute atomic E-state index is 0. The molecule has 15 heavy (non-hydrogen) atoms. The van der Waals surface area contributed by atoms with Crippen molar-refractivity contribution in [3.05, 3.63) is 22.4 Å². The molecule has 0 radical (unpaired) electrons. The number of likely N-dealkylation sites (N-methyl/N-ethyl adjacent to an activating group) is 1. The minimum atomic E-state index is -4.69. The Hall–Kier alpha value is 1.15. The van der Waals surface area contributed by atoms with Crippen LogP contribution in [0.1, 0.15) is 4.88 Å². The third-order valence-electron chi connectivity index (χ3n) is 1.84. The Morgan fingerprint density at radius 2 is 2.07 bits per heavy atom. The summed E-state index contributed by atoms with van der Waals surface area (Å²) in [6, 6.07) is 3.85. The zero-order valence-corrected chi connectivity index (χ0v) is 12.9. The Labute approximate surface area is 135 Å².